The Balaban J connectivity index is 2.13. The Bertz CT molecular complexity index is 766. The van der Waals surface area contributed by atoms with Gasteiger partial charge in [0.05, 0.1) is 19.9 Å². The first-order valence-electron chi connectivity index (χ1n) is 6.52. The molecule has 21 heavy (non-hydrogen) atoms. The first kappa shape index (κ1) is 13.8. The van der Waals surface area contributed by atoms with Gasteiger partial charge in [-0.05, 0) is 24.7 Å². The predicted molar refractivity (Wildman–Crippen MR) is 82.2 cm³/mol. The summed E-state index contributed by atoms with van der Waals surface area (Å²) >= 11 is 1.56. The summed E-state index contributed by atoms with van der Waals surface area (Å²) in [6.45, 7) is 0.544. The lowest BCUT2D eigenvalue weighted by molar-refractivity contribution is 0.355. The van der Waals surface area contributed by atoms with Crippen molar-refractivity contribution in [3.8, 4) is 22.8 Å². The third-order valence-electron chi connectivity index (χ3n) is 3.26. The quantitative estimate of drug-likeness (QED) is 0.780. The normalized spacial score (nSPS) is 11.0. The minimum atomic E-state index is 0.544. The predicted octanol–water partition coefficient (Wildman–Crippen LogP) is 1.98. The average Bonchev–Trinajstić information content (AvgIpc) is 3.10. The zero-order valence-corrected chi connectivity index (χ0v) is 12.7. The molecule has 0 aliphatic heterocycles. The maximum Gasteiger partial charge on any atom is 0.216 e. The molecule has 0 amide bonds. The Morgan fingerprint density at radius 1 is 1.19 bits per heavy atom. The lowest BCUT2D eigenvalue weighted by Crippen LogP contribution is -2.06. The fourth-order valence-corrected chi connectivity index (χ4v) is 3.12. The van der Waals surface area contributed by atoms with E-state index in [1.54, 1.807) is 25.6 Å². The van der Waals surface area contributed by atoms with Crippen molar-refractivity contribution >= 4 is 16.3 Å². The molecule has 110 valence electrons. The fraction of sp³-hybridized carbons (Fsp3) is 0.286. The van der Waals surface area contributed by atoms with Crippen LogP contribution in [-0.4, -0.2) is 35.4 Å². The Labute approximate surface area is 126 Å². The number of benzene rings is 1. The number of fused-ring (bicyclic) bond motifs is 1. The molecule has 1 aromatic carbocycles. The molecule has 0 aliphatic carbocycles. The van der Waals surface area contributed by atoms with E-state index in [1.165, 1.54) is 0 Å². The molecule has 0 radical (unpaired) electrons. The largest absolute Gasteiger partial charge is 0.493 e. The Morgan fingerprint density at radius 3 is 2.71 bits per heavy atom. The number of aromatic nitrogens is 3. The molecule has 0 saturated carbocycles. The average molecular weight is 304 g/mol. The monoisotopic (exact) mass is 304 g/mol. The highest BCUT2D eigenvalue weighted by Crippen LogP contribution is 2.34. The van der Waals surface area contributed by atoms with Crippen LogP contribution in [0.25, 0.3) is 16.2 Å². The van der Waals surface area contributed by atoms with Crippen molar-refractivity contribution in [3.05, 3.63) is 29.4 Å². The van der Waals surface area contributed by atoms with Crippen LogP contribution in [-0.2, 0) is 6.42 Å². The van der Waals surface area contributed by atoms with Crippen molar-refractivity contribution in [1.82, 2.24) is 14.6 Å². The summed E-state index contributed by atoms with van der Waals surface area (Å²) in [5.41, 5.74) is 7.69. The molecule has 0 atom stereocenters. The van der Waals surface area contributed by atoms with E-state index >= 15 is 0 Å². The summed E-state index contributed by atoms with van der Waals surface area (Å²) in [4.78, 5) is 0.864. The minimum Gasteiger partial charge on any atom is -0.493 e. The van der Waals surface area contributed by atoms with Gasteiger partial charge in [0.25, 0.3) is 0 Å². The van der Waals surface area contributed by atoms with Gasteiger partial charge >= 0.3 is 0 Å². The highest BCUT2D eigenvalue weighted by atomic mass is 32.1. The van der Waals surface area contributed by atoms with Crippen molar-refractivity contribution in [2.45, 2.75) is 6.42 Å². The van der Waals surface area contributed by atoms with Gasteiger partial charge in [-0.3, -0.25) is 4.40 Å². The molecular formula is C14H16N4O2S. The van der Waals surface area contributed by atoms with Crippen molar-refractivity contribution in [1.29, 1.82) is 0 Å². The van der Waals surface area contributed by atoms with Gasteiger partial charge in [0.2, 0.25) is 4.96 Å². The number of nitrogens with two attached hydrogens (primary N) is 1. The number of rotatable bonds is 5. The summed E-state index contributed by atoms with van der Waals surface area (Å²) in [5.74, 6) is 2.28. The van der Waals surface area contributed by atoms with Crippen LogP contribution >= 0.6 is 11.3 Å². The summed E-state index contributed by atoms with van der Waals surface area (Å²) < 4.78 is 12.7. The zero-order valence-electron chi connectivity index (χ0n) is 11.9. The summed E-state index contributed by atoms with van der Waals surface area (Å²) in [7, 11) is 3.25. The molecule has 0 aliphatic rings. The Hall–Kier alpha value is -2.12. The van der Waals surface area contributed by atoms with Crippen LogP contribution in [0.1, 0.15) is 5.82 Å². The molecule has 0 spiro atoms. The van der Waals surface area contributed by atoms with Crippen LogP contribution in [0.15, 0.2) is 23.6 Å². The second-order valence-corrected chi connectivity index (χ2v) is 5.30. The molecular weight excluding hydrogens is 288 g/mol. The van der Waals surface area contributed by atoms with Gasteiger partial charge in [0.1, 0.15) is 5.82 Å². The maximum atomic E-state index is 5.64. The number of nitrogens with zero attached hydrogens (tertiary/aromatic N) is 3. The van der Waals surface area contributed by atoms with Gasteiger partial charge in [-0.25, -0.2) is 0 Å². The van der Waals surface area contributed by atoms with Crippen molar-refractivity contribution < 1.29 is 9.47 Å². The van der Waals surface area contributed by atoms with Crippen LogP contribution in [0.4, 0.5) is 0 Å². The van der Waals surface area contributed by atoms with Gasteiger partial charge in [0.15, 0.2) is 11.5 Å². The molecule has 3 aromatic rings. The van der Waals surface area contributed by atoms with Gasteiger partial charge in [0, 0.05) is 17.4 Å². The van der Waals surface area contributed by atoms with E-state index in [1.807, 2.05) is 22.6 Å². The van der Waals surface area contributed by atoms with Gasteiger partial charge < -0.3 is 15.2 Å². The third kappa shape index (κ3) is 2.34. The fourth-order valence-electron chi connectivity index (χ4n) is 2.26. The second-order valence-electron chi connectivity index (χ2n) is 4.46. The summed E-state index contributed by atoms with van der Waals surface area (Å²) in [5, 5.41) is 10.4. The third-order valence-corrected chi connectivity index (χ3v) is 4.08. The van der Waals surface area contributed by atoms with Crippen molar-refractivity contribution in [2.75, 3.05) is 20.8 Å². The maximum absolute atomic E-state index is 5.64. The smallest absolute Gasteiger partial charge is 0.216 e. The van der Waals surface area contributed by atoms with E-state index in [4.69, 9.17) is 15.2 Å². The van der Waals surface area contributed by atoms with E-state index in [-0.39, 0.29) is 0 Å². The zero-order chi connectivity index (χ0) is 14.8. The molecule has 2 aromatic heterocycles. The first-order valence-corrected chi connectivity index (χ1v) is 7.40. The SMILES string of the molecule is COc1ccc(-c2csc3nnc(CCN)n23)cc1OC. The number of thiazole rings is 1. The van der Waals surface area contributed by atoms with E-state index in [0.717, 1.165) is 22.0 Å². The van der Waals surface area contributed by atoms with Crippen molar-refractivity contribution in [2.24, 2.45) is 5.73 Å². The van der Waals surface area contributed by atoms with Gasteiger partial charge in [-0.2, -0.15) is 0 Å². The van der Waals surface area contributed by atoms with Gasteiger partial charge in [-0.15, -0.1) is 21.5 Å². The molecule has 2 heterocycles. The van der Waals surface area contributed by atoms with Crippen LogP contribution in [0.5, 0.6) is 11.5 Å². The minimum absolute atomic E-state index is 0.544. The lowest BCUT2D eigenvalue weighted by Gasteiger charge is -2.09. The Kier molecular flexibility index (Phi) is 3.76. The summed E-state index contributed by atoms with van der Waals surface area (Å²) in [6.07, 6.45) is 0.693. The number of hydrogen-bond donors (Lipinski definition) is 1. The molecule has 0 unspecified atom stereocenters. The molecule has 6 nitrogen and oxygen atoms in total. The van der Waals surface area contributed by atoms with Crippen LogP contribution in [0.2, 0.25) is 0 Å². The molecule has 0 fully saturated rings. The number of ether oxygens (including phenoxy) is 2. The second kappa shape index (κ2) is 5.71. The number of methoxy groups -OCH3 is 2. The molecule has 0 saturated heterocycles. The van der Waals surface area contributed by atoms with E-state index < -0.39 is 0 Å². The van der Waals surface area contributed by atoms with Gasteiger partial charge in [-0.1, -0.05) is 0 Å². The van der Waals surface area contributed by atoms with Crippen LogP contribution in [0.3, 0.4) is 0 Å². The highest BCUT2D eigenvalue weighted by molar-refractivity contribution is 7.15. The molecule has 3 rings (SSSR count). The van der Waals surface area contributed by atoms with Crippen LogP contribution < -0.4 is 15.2 Å². The standard InChI is InChI=1S/C14H16N4O2S/c1-19-11-4-3-9(7-12(11)20-2)10-8-21-14-17-16-13(5-6-15)18(10)14/h3-4,7-8H,5-6,15H2,1-2H3. The lowest BCUT2D eigenvalue weighted by atomic mass is 10.1. The summed E-state index contributed by atoms with van der Waals surface area (Å²) in [6, 6.07) is 5.84. The van der Waals surface area contributed by atoms with E-state index in [9.17, 15) is 0 Å². The Morgan fingerprint density at radius 2 is 2.00 bits per heavy atom. The first-order chi connectivity index (χ1) is 10.3. The topological polar surface area (TPSA) is 74.7 Å². The molecule has 7 heteroatoms. The van der Waals surface area contributed by atoms with Crippen LogP contribution in [0, 0.1) is 0 Å². The highest BCUT2D eigenvalue weighted by Gasteiger charge is 2.14. The van der Waals surface area contributed by atoms with E-state index in [2.05, 4.69) is 15.6 Å². The molecule has 0 bridgehead atoms. The number of hydrogen-bond acceptors (Lipinski definition) is 6. The van der Waals surface area contributed by atoms with Crippen molar-refractivity contribution in [3.63, 3.8) is 0 Å². The molecule has 2 N–H and O–H groups in total. The van der Waals surface area contributed by atoms with E-state index in [0.29, 0.717) is 24.5 Å².